The number of rotatable bonds is 3. The highest BCUT2D eigenvalue weighted by Gasteiger charge is 2.18. The van der Waals surface area contributed by atoms with Gasteiger partial charge in [-0.15, -0.1) is 0 Å². The number of benzene rings is 2. The standard InChI is InChI=1S/C18H17N3O2S/c1-11-15(17(23)21(2)3)24-18(19-11)20-16(22)14-9-8-12-6-4-5-7-13(12)10-14/h4-10H,1-3H3,(H,19,20,22). The molecule has 6 heteroatoms. The second-order valence-corrected chi connectivity index (χ2v) is 6.65. The van der Waals surface area contributed by atoms with Gasteiger partial charge in [0.05, 0.1) is 5.69 Å². The third-order valence-electron chi connectivity index (χ3n) is 3.63. The Morgan fingerprint density at radius 2 is 1.79 bits per heavy atom. The van der Waals surface area contributed by atoms with Crippen molar-refractivity contribution in [3.8, 4) is 0 Å². The Hall–Kier alpha value is -2.73. The molecule has 0 aliphatic rings. The number of nitrogens with one attached hydrogen (secondary N) is 1. The van der Waals surface area contributed by atoms with Gasteiger partial charge in [-0.25, -0.2) is 4.98 Å². The summed E-state index contributed by atoms with van der Waals surface area (Å²) in [5, 5.41) is 5.29. The van der Waals surface area contributed by atoms with E-state index in [1.165, 1.54) is 16.2 Å². The summed E-state index contributed by atoms with van der Waals surface area (Å²) in [5.41, 5.74) is 1.18. The Balaban J connectivity index is 1.83. The molecule has 122 valence electrons. The molecule has 2 aromatic carbocycles. The maximum atomic E-state index is 12.4. The maximum Gasteiger partial charge on any atom is 0.265 e. The first-order chi connectivity index (χ1) is 11.5. The number of nitrogens with zero attached hydrogens (tertiary/aromatic N) is 2. The first-order valence-corrected chi connectivity index (χ1v) is 8.26. The fourth-order valence-corrected chi connectivity index (χ4v) is 3.33. The summed E-state index contributed by atoms with van der Waals surface area (Å²) in [4.78, 5) is 30.8. The van der Waals surface area contributed by atoms with E-state index in [1.54, 1.807) is 27.1 Å². The fraction of sp³-hybridized carbons (Fsp3) is 0.167. The SMILES string of the molecule is Cc1nc(NC(=O)c2ccc3ccccc3c2)sc1C(=O)N(C)C. The molecule has 3 rings (SSSR count). The van der Waals surface area contributed by atoms with Crippen molar-refractivity contribution in [1.29, 1.82) is 0 Å². The van der Waals surface area contributed by atoms with E-state index in [4.69, 9.17) is 0 Å². The monoisotopic (exact) mass is 339 g/mol. The van der Waals surface area contributed by atoms with Crippen LogP contribution in [-0.4, -0.2) is 35.8 Å². The first-order valence-electron chi connectivity index (χ1n) is 7.45. The summed E-state index contributed by atoms with van der Waals surface area (Å²) in [6, 6.07) is 13.4. The molecule has 0 fully saturated rings. The smallest absolute Gasteiger partial charge is 0.265 e. The number of aryl methyl sites for hydroxylation is 1. The first kappa shape index (κ1) is 16.1. The number of hydrogen-bond acceptors (Lipinski definition) is 4. The van der Waals surface area contributed by atoms with Crippen LogP contribution in [0.25, 0.3) is 10.8 Å². The summed E-state index contributed by atoms with van der Waals surface area (Å²) in [6.07, 6.45) is 0. The molecule has 0 aliphatic heterocycles. The number of thiazole rings is 1. The number of carbonyl (C=O) groups is 2. The van der Waals surface area contributed by atoms with Crippen molar-refractivity contribution in [2.24, 2.45) is 0 Å². The lowest BCUT2D eigenvalue weighted by Crippen LogP contribution is -2.21. The molecule has 5 nitrogen and oxygen atoms in total. The van der Waals surface area contributed by atoms with Gasteiger partial charge in [-0.3, -0.25) is 14.9 Å². The Morgan fingerprint density at radius 1 is 1.08 bits per heavy atom. The molecule has 0 saturated heterocycles. The van der Waals surface area contributed by atoms with Crippen molar-refractivity contribution in [1.82, 2.24) is 9.88 Å². The third kappa shape index (κ3) is 3.14. The molecule has 0 radical (unpaired) electrons. The maximum absolute atomic E-state index is 12.4. The van der Waals surface area contributed by atoms with Gasteiger partial charge in [0.15, 0.2) is 5.13 Å². The summed E-state index contributed by atoms with van der Waals surface area (Å²) in [7, 11) is 3.38. The van der Waals surface area contributed by atoms with Gasteiger partial charge < -0.3 is 4.90 Å². The Morgan fingerprint density at radius 3 is 2.50 bits per heavy atom. The van der Waals surface area contributed by atoms with E-state index in [1.807, 2.05) is 36.4 Å². The minimum absolute atomic E-state index is 0.115. The van der Waals surface area contributed by atoms with Crippen molar-refractivity contribution in [2.75, 3.05) is 19.4 Å². The van der Waals surface area contributed by atoms with Gasteiger partial charge in [-0.1, -0.05) is 41.7 Å². The van der Waals surface area contributed by atoms with Crippen LogP contribution < -0.4 is 5.32 Å². The normalized spacial score (nSPS) is 10.6. The van der Waals surface area contributed by atoms with Crippen LogP contribution in [0, 0.1) is 6.92 Å². The second kappa shape index (κ2) is 6.41. The lowest BCUT2D eigenvalue weighted by Gasteiger charge is -2.07. The van der Waals surface area contributed by atoms with Crippen LogP contribution in [0.15, 0.2) is 42.5 Å². The van der Waals surface area contributed by atoms with Crippen molar-refractivity contribution in [3.63, 3.8) is 0 Å². The van der Waals surface area contributed by atoms with Crippen molar-refractivity contribution in [2.45, 2.75) is 6.92 Å². The van der Waals surface area contributed by atoms with Crippen LogP contribution in [0.3, 0.4) is 0 Å². The van der Waals surface area contributed by atoms with Gasteiger partial charge in [0.25, 0.3) is 11.8 Å². The fourth-order valence-electron chi connectivity index (χ4n) is 2.35. The molecule has 24 heavy (non-hydrogen) atoms. The predicted octanol–water partition coefficient (Wildman–Crippen LogP) is 3.56. The Labute approximate surface area is 143 Å². The quantitative estimate of drug-likeness (QED) is 0.793. The minimum atomic E-state index is -0.238. The third-order valence-corrected chi connectivity index (χ3v) is 4.69. The molecule has 1 heterocycles. The molecule has 2 amide bonds. The zero-order chi connectivity index (χ0) is 17.3. The van der Waals surface area contributed by atoms with E-state index in [-0.39, 0.29) is 11.8 Å². The number of fused-ring (bicyclic) bond motifs is 1. The Kier molecular flexibility index (Phi) is 4.31. The summed E-state index contributed by atoms with van der Waals surface area (Å²) >= 11 is 1.19. The zero-order valence-electron chi connectivity index (χ0n) is 13.7. The van der Waals surface area contributed by atoms with Gasteiger partial charge in [0, 0.05) is 19.7 Å². The van der Waals surface area contributed by atoms with Gasteiger partial charge in [-0.2, -0.15) is 0 Å². The highest BCUT2D eigenvalue weighted by Crippen LogP contribution is 2.24. The van der Waals surface area contributed by atoms with Crippen LogP contribution in [0.4, 0.5) is 5.13 Å². The van der Waals surface area contributed by atoms with E-state index in [2.05, 4.69) is 10.3 Å². The number of anilines is 1. The minimum Gasteiger partial charge on any atom is -0.344 e. The van der Waals surface area contributed by atoms with Crippen molar-refractivity contribution < 1.29 is 9.59 Å². The highest BCUT2D eigenvalue weighted by atomic mass is 32.1. The van der Waals surface area contributed by atoms with Crippen molar-refractivity contribution >= 4 is 39.1 Å². The van der Waals surface area contributed by atoms with Gasteiger partial charge >= 0.3 is 0 Å². The van der Waals surface area contributed by atoms with Gasteiger partial charge in [0.1, 0.15) is 4.88 Å². The second-order valence-electron chi connectivity index (χ2n) is 5.65. The molecule has 1 aromatic heterocycles. The average molecular weight is 339 g/mol. The molecule has 3 aromatic rings. The zero-order valence-corrected chi connectivity index (χ0v) is 14.5. The van der Waals surface area contributed by atoms with Gasteiger partial charge in [0.2, 0.25) is 0 Å². The van der Waals surface area contributed by atoms with Crippen LogP contribution >= 0.6 is 11.3 Å². The van der Waals surface area contributed by atoms with Crippen molar-refractivity contribution in [3.05, 3.63) is 58.6 Å². The predicted molar refractivity (Wildman–Crippen MR) is 96.8 cm³/mol. The summed E-state index contributed by atoms with van der Waals surface area (Å²) < 4.78 is 0. The lowest BCUT2D eigenvalue weighted by atomic mass is 10.1. The van der Waals surface area contributed by atoms with Crippen LogP contribution in [-0.2, 0) is 0 Å². The summed E-state index contributed by atoms with van der Waals surface area (Å²) in [6.45, 7) is 1.76. The van der Waals surface area contributed by atoms with E-state index in [9.17, 15) is 9.59 Å². The lowest BCUT2D eigenvalue weighted by molar-refractivity contribution is 0.0831. The Bertz CT molecular complexity index is 931. The van der Waals surface area contributed by atoms with E-state index in [0.29, 0.717) is 21.3 Å². The highest BCUT2D eigenvalue weighted by molar-refractivity contribution is 7.17. The van der Waals surface area contributed by atoms with Crippen LogP contribution in [0.1, 0.15) is 25.7 Å². The molecular formula is C18H17N3O2S. The number of carbonyl (C=O) groups excluding carboxylic acids is 2. The van der Waals surface area contributed by atoms with Gasteiger partial charge in [-0.05, 0) is 29.8 Å². The molecule has 0 bridgehead atoms. The largest absolute Gasteiger partial charge is 0.344 e. The van der Waals surface area contributed by atoms with Crippen LogP contribution in [0.5, 0.6) is 0 Å². The van der Waals surface area contributed by atoms with E-state index in [0.717, 1.165) is 10.8 Å². The molecule has 0 spiro atoms. The topological polar surface area (TPSA) is 62.3 Å². The average Bonchev–Trinajstić information content (AvgIpc) is 2.93. The molecule has 0 atom stereocenters. The molecule has 0 unspecified atom stereocenters. The number of aromatic nitrogens is 1. The van der Waals surface area contributed by atoms with E-state index >= 15 is 0 Å². The van der Waals surface area contributed by atoms with E-state index < -0.39 is 0 Å². The molecule has 0 saturated carbocycles. The molecular weight excluding hydrogens is 322 g/mol. The number of amides is 2. The number of hydrogen-bond donors (Lipinski definition) is 1. The summed E-state index contributed by atoms with van der Waals surface area (Å²) in [5.74, 6) is -0.352. The molecule has 0 aliphatic carbocycles. The molecule has 1 N–H and O–H groups in total. The van der Waals surface area contributed by atoms with Crippen LogP contribution in [0.2, 0.25) is 0 Å².